The molecule has 0 aliphatic rings. The van der Waals surface area contributed by atoms with Crippen molar-refractivity contribution >= 4 is 34.4 Å². The van der Waals surface area contributed by atoms with Crippen LogP contribution in [0.15, 0.2) is 30.6 Å². The second-order valence-corrected chi connectivity index (χ2v) is 4.08. The van der Waals surface area contributed by atoms with E-state index in [0.29, 0.717) is 16.7 Å². The summed E-state index contributed by atoms with van der Waals surface area (Å²) in [6.07, 6.45) is 1.32. The summed E-state index contributed by atoms with van der Waals surface area (Å²) in [5.74, 6) is -0.0104. The number of halogens is 1. The molecule has 3 rings (SSSR count). The van der Waals surface area contributed by atoms with E-state index >= 15 is 0 Å². The summed E-state index contributed by atoms with van der Waals surface area (Å²) < 4.78 is 0. The zero-order valence-corrected chi connectivity index (χ0v) is 9.82. The van der Waals surface area contributed by atoms with Crippen LogP contribution in [0.3, 0.4) is 0 Å². The molecule has 0 unspecified atom stereocenters. The largest absolute Gasteiger partial charge is 0.350 e. The molecule has 0 saturated heterocycles. The van der Waals surface area contributed by atoms with E-state index in [1.807, 2.05) is 12.1 Å². The summed E-state index contributed by atoms with van der Waals surface area (Å²) in [6.45, 7) is 0. The number of aromatic amines is 2. The third-order valence-electron chi connectivity index (χ3n) is 2.50. The minimum atomic E-state index is -0.306. The summed E-state index contributed by atoms with van der Waals surface area (Å²) in [4.78, 5) is 18.7. The zero-order chi connectivity index (χ0) is 12.5. The maximum Gasteiger partial charge on any atom is 0.274 e. The Hall–Kier alpha value is -2.34. The molecule has 3 N–H and O–H groups in total. The van der Waals surface area contributed by atoms with Crippen LogP contribution < -0.4 is 5.32 Å². The third-order valence-corrected chi connectivity index (χ3v) is 2.83. The highest BCUT2D eigenvalue weighted by Gasteiger charge is 2.12. The number of rotatable bonds is 2. The number of carbonyl (C=O) groups is 1. The lowest BCUT2D eigenvalue weighted by Crippen LogP contribution is -2.13. The molecule has 7 heteroatoms. The highest BCUT2D eigenvalue weighted by Crippen LogP contribution is 2.24. The fraction of sp³-hybridized carbons (Fsp3) is 0. The molecule has 2 heterocycles. The lowest BCUT2D eigenvalue weighted by Gasteiger charge is -1.97. The molecule has 18 heavy (non-hydrogen) atoms. The first kappa shape index (κ1) is 10.8. The molecular weight excluding hydrogens is 254 g/mol. The van der Waals surface area contributed by atoms with Crippen molar-refractivity contribution in [2.24, 2.45) is 0 Å². The number of benzene rings is 1. The molecule has 90 valence electrons. The van der Waals surface area contributed by atoms with E-state index < -0.39 is 0 Å². The van der Waals surface area contributed by atoms with Crippen molar-refractivity contribution in [2.45, 2.75) is 0 Å². The van der Waals surface area contributed by atoms with E-state index in [0.717, 1.165) is 10.9 Å². The van der Waals surface area contributed by atoms with E-state index in [4.69, 9.17) is 11.6 Å². The van der Waals surface area contributed by atoms with Crippen molar-refractivity contribution in [1.29, 1.82) is 0 Å². The van der Waals surface area contributed by atoms with Gasteiger partial charge in [-0.2, -0.15) is 10.1 Å². The Morgan fingerprint density at radius 1 is 1.39 bits per heavy atom. The fourth-order valence-electron chi connectivity index (χ4n) is 1.68. The van der Waals surface area contributed by atoms with E-state index in [1.54, 1.807) is 12.1 Å². The van der Waals surface area contributed by atoms with Crippen LogP contribution in [0.4, 0.5) is 5.95 Å². The van der Waals surface area contributed by atoms with Crippen LogP contribution in [0.5, 0.6) is 0 Å². The van der Waals surface area contributed by atoms with Crippen LogP contribution in [0.1, 0.15) is 10.5 Å². The molecule has 0 aliphatic carbocycles. The number of H-pyrrole nitrogens is 2. The number of aromatic nitrogens is 4. The van der Waals surface area contributed by atoms with Crippen molar-refractivity contribution in [2.75, 3.05) is 5.32 Å². The van der Waals surface area contributed by atoms with Crippen LogP contribution in [0.2, 0.25) is 5.02 Å². The first-order valence-corrected chi connectivity index (χ1v) is 5.56. The molecule has 0 bridgehead atoms. The summed E-state index contributed by atoms with van der Waals surface area (Å²) in [5, 5.41) is 10.2. The van der Waals surface area contributed by atoms with Crippen LogP contribution >= 0.6 is 11.6 Å². The van der Waals surface area contributed by atoms with Gasteiger partial charge >= 0.3 is 0 Å². The third kappa shape index (κ3) is 1.82. The molecule has 0 aliphatic heterocycles. The zero-order valence-electron chi connectivity index (χ0n) is 9.07. The van der Waals surface area contributed by atoms with Gasteiger partial charge in [0, 0.05) is 15.9 Å². The Morgan fingerprint density at radius 3 is 3.00 bits per heavy atom. The summed E-state index contributed by atoms with van der Waals surface area (Å²) in [7, 11) is 0. The molecular formula is C11H8ClN5O. The van der Waals surface area contributed by atoms with Crippen LogP contribution in [0.25, 0.3) is 10.9 Å². The van der Waals surface area contributed by atoms with Crippen LogP contribution in [-0.4, -0.2) is 26.1 Å². The van der Waals surface area contributed by atoms with Gasteiger partial charge in [0.05, 0.1) is 0 Å². The number of hydrogen-bond acceptors (Lipinski definition) is 3. The average Bonchev–Trinajstić information content (AvgIpc) is 2.97. The Labute approximate surface area is 106 Å². The average molecular weight is 262 g/mol. The van der Waals surface area contributed by atoms with Gasteiger partial charge in [0.15, 0.2) is 0 Å². The molecule has 0 saturated carbocycles. The van der Waals surface area contributed by atoms with E-state index in [-0.39, 0.29) is 5.91 Å². The van der Waals surface area contributed by atoms with Crippen molar-refractivity contribution in [3.8, 4) is 0 Å². The van der Waals surface area contributed by atoms with Gasteiger partial charge in [-0.25, -0.2) is 5.10 Å². The number of nitrogens with one attached hydrogen (secondary N) is 3. The normalized spacial score (nSPS) is 10.7. The maximum absolute atomic E-state index is 11.9. The van der Waals surface area contributed by atoms with Crippen LogP contribution in [0, 0.1) is 0 Å². The second-order valence-electron chi connectivity index (χ2n) is 3.67. The molecule has 0 atom stereocenters. The van der Waals surface area contributed by atoms with Gasteiger partial charge < -0.3 is 4.98 Å². The van der Waals surface area contributed by atoms with Gasteiger partial charge in [0.25, 0.3) is 5.91 Å². The predicted molar refractivity (Wildman–Crippen MR) is 67.6 cm³/mol. The Balaban J connectivity index is 1.94. The molecule has 1 amide bonds. The molecule has 0 fully saturated rings. The number of fused-ring (bicyclic) bond motifs is 1. The lowest BCUT2D eigenvalue weighted by atomic mass is 10.2. The van der Waals surface area contributed by atoms with E-state index in [1.165, 1.54) is 6.33 Å². The number of hydrogen-bond donors (Lipinski definition) is 3. The smallest absolute Gasteiger partial charge is 0.274 e. The van der Waals surface area contributed by atoms with Gasteiger partial charge in [-0.05, 0) is 18.2 Å². The van der Waals surface area contributed by atoms with Crippen molar-refractivity contribution in [3.05, 3.63) is 41.3 Å². The van der Waals surface area contributed by atoms with E-state index in [9.17, 15) is 4.79 Å². The quantitative estimate of drug-likeness (QED) is 0.661. The van der Waals surface area contributed by atoms with E-state index in [2.05, 4.69) is 25.5 Å². The molecule has 2 aromatic heterocycles. The summed E-state index contributed by atoms with van der Waals surface area (Å²) in [6, 6.07) is 7.14. The Bertz CT molecular complexity index is 703. The highest BCUT2D eigenvalue weighted by atomic mass is 35.5. The van der Waals surface area contributed by atoms with Gasteiger partial charge in [-0.1, -0.05) is 17.7 Å². The monoisotopic (exact) mass is 261 g/mol. The molecule has 3 aromatic rings. The molecule has 1 aromatic carbocycles. The molecule has 6 nitrogen and oxygen atoms in total. The topological polar surface area (TPSA) is 86.5 Å². The van der Waals surface area contributed by atoms with Gasteiger partial charge in [0.1, 0.15) is 12.0 Å². The molecule has 0 radical (unpaired) electrons. The van der Waals surface area contributed by atoms with Crippen molar-refractivity contribution in [1.82, 2.24) is 20.2 Å². The second kappa shape index (κ2) is 4.15. The number of amides is 1. The molecule has 0 spiro atoms. The lowest BCUT2D eigenvalue weighted by molar-refractivity contribution is 0.102. The predicted octanol–water partition coefficient (Wildman–Crippen LogP) is 2.19. The maximum atomic E-state index is 11.9. The number of anilines is 1. The summed E-state index contributed by atoms with van der Waals surface area (Å²) >= 11 is 6.04. The fourth-order valence-corrected chi connectivity index (χ4v) is 1.91. The van der Waals surface area contributed by atoms with Gasteiger partial charge in [-0.15, -0.1) is 0 Å². The first-order chi connectivity index (χ1) is 8.74. The van der Waals surface area contributed by atoms with Crippen molar-refractivity contribution in [3.63, 3.8) is 0 Å². The van der Waals surface area contributed by atoms with Gasteiger partial charge in [-0.3, -0.25) is 10.1 Å². The standard InChI is InChI=1S/C11H8ClN5O/c12-7-2-1-3-8-6(7)4-9(15-8)10(18)16-11-13-5-14-17-11/h1-5,15H,(H2,13,14,16,17,18). The Kier molecular flexibility index (Phi) is 2.49. The van der Waals surface area contributed by atoms with Crippen LogP contribution in [-0.2, 0) is 0 Å². The minimum Gasteiger partial charge on any atom is -0.350 e. The first-order valence-electron chi connectivity index (χ1n) is 5.18. The SMILES string of the molecule is O=C(Nc1ncn[nH]1)c1cc2c(Cl)cccc2[nH]1. The minimum absolute atomic E-state index is 0.296. The highest BCUT2D eigenvalue weighted by molar-refractivity contribution is 6.35. The van der Waals surface area contributed by atoms with Gasteiger partial charge in [0.2, 0.25) is 5.95 Å². The number of carbonyl (C=O) groups excluding carboxylic acids is 1. The number of nitrogens with zero attached hydrogens (tertiary/aromatic N) is 2. The Morgan fingerprint density at radius 2 is 2.28 bits per heavy atom. The summed E-state index contributed by atoms with van der Waals surface area (Å²) in [5.41, 5.74) is 1.22. The van der Waals surface area contributed by atoms with Crippen molar-refractivity contribution < 1.29 is 4.79 Å².